The third-order valence-electron chi connectivity index (χ3n) is 13.4. The van der Waals surface area contributed by atoms with Crippen molar-refractivity contribution < 1.29 is 13.6 Å². The van der Waals surface area contributed by atoms with Gasteiger partial charge < -0.3 is 13.2 Å². The van der Waals surface area contributed by atoms with E-state index in [1.54, 1.807) is 0 Å². The topological polar surface area (TPSA) is 47.8 Å². The van der Waals surface area contributed by atoms with Crippen molar-refractivity contribution in [2.75, 3.05) is 0 Å². The first kappa shape index (κ1) is 26.9. The van der Waals surface area contributed by atoms with Gasteiger partial charge in [0.2, 0.25) is 0 Å². The van der Waals surface area contributed by atoms with E-state index in [9.17, 15) is 4.79 Å². The first-order valence-electron chi connectivity index (χ1n) is 18.2. The predicted molar refractivity (Wildman–Crippen MR) is 209 cm³/mol. The van der Waals surface area contributed by atoms with Crippen molar-refractivity contribution in [2.24, 2.45) is 5.41 Å². The van der Waals surface area contributed by atoms with Crippen LogP contribution in [0.5, 0.6) is 0 Å². The van der Waals surface area contributed by atoms with Crippen LogP contribution in [0.4, 0.5) is 0 Å². The van der Waals surface area contributed by atoms with Crippen LogP contribution in [-0.2, 0) is 5.41 Å². The Bertz CT molecular complexity index is 3420. The van der Waals surface area contributed by atoms with Crippen LogP contribution in [-0.4, -0.2) is 10.2 Å². The second-order valence-corrected chi connectivity index (χ2v) is 16.1. The van der Waals surface area contributed by atoms with Gasteiger partial charge in [0.15, 0.2) is 5.78 Å². The molecule has 0 unspecified atom stereocenters. The third kappa shape index (κ3) is 3.02. The molecule has 7 aromatic carbocycles. The summed E-state index contributed by atoms with van der Waals surface area (Å²) in [6, 6.07) is 37.1. The number of hydrogen-bond donors (Lipinski definition) is 0. The molecule has 11 aromatic rings. The van der Waals surface area contributed by atoms with Gasteiger partial charge in [-0.25, -0.2) is 0 Å². The van der Waals surface area contributed by atoms with Crippen LogP contribution in [0.1, 0.15) is 55.5 Å². The van der Waals surface area contributed by atoms with E-state index in [1.807, 2.05) is 6.07 Å². The Hall–Kier alpha value is -5.87. The lowest BCUT2D eigenvalue weighted by Crippen LogP contribution is -2.33. The molecular weight excluding hydrogens is 627 g/mol. The summed E-state index contributed by atoms with van der Waals surface area (Å²) < 4.78 is 16.4. The molecule has 51 heavy (non-hydrogen) atoms. The number of fused-ring (bicyclic) bond motifs is 20. The molecule has 0 atom stereocenters. The van der Waals surface area contributed by atoms with Crippen LogP contribution < -0.4 is 0 Å². The van der Waals surface area contributed by atoms with Crippen molar-refractivity contribution >= 4 is 109 Å². The second-order valence-electron chi connectivity index (χ2n) is 16.1. The van der Waals surface area contributed by atoms with E-state index in [0.717, 1.165) is 119 Å². The normalized spacial score (nSPS) is 21.0. The summed E-state index contributed by atoms with van der Waals surface area (Å²) in [5.74, 6) is 0.307. The van der Waals surface area contributed by atoms with Gasteiger partial charge in [0, 0.05) is 48.7 Å². The molecule has 4 nitrogen and oxygen atoms in total. The minimum absolute atomic E-state index is 0.0209. The first-order valence-corrected chi connectivity index (χ1v) is 18.2. The fourth-order valence-corrected chi connectivity index (χ4v) is 10.6. The fraction of sp³-hybridized carbons (Fsp3) is 0.170. The Labute approximate surface area is 291 Å². The Morgan fingerprint density at radius 2 is 1.18 bits per heavy atom. The summed E-state index contributed by atoms with van der Waals surface area (Å²) >= 11 is 0. The molecule has 0 N–H and O–H groups in total. The Balaban J connectivity index is 1.34. The number of aromatic nitrogens is 1. The van der Waals surface area contributed by atoms with E-state index in [4.69, 9.17) is 8.83 Å². The molecule has 3 aliphatic rings. The Morgan fingerprint density at radius 3 is 2.00 bits per heavy atom. The van der Waals surface area contributed by atoms with Gasteiger partial charge in [0.25, 0.3) is 0 Å². The Kier molecular flexibility index (Phi) is 4.50. The zero-order valence-electron chi connectivity index (χ0n) is 28.3. The molecule has 242 valence electrons. The maximum Gasteiger partial charge on any atom is 0.169 e. The molecule has 3 aliphatic carbocycles. The number of carbonyl (C=O) groups is 1. The summed E-state index contributed by atoms with van der Waals surface area (Å²) in [7, 11) is 0. The molecular formula is C47H31NO3. The van der Waals surface area contributed by atoms with Crippen molar-refractivity contribution in [1.82, 2.24) is 4.40 Å². The number of nitrogens with zero attached hydrogens (tertiary/aromatic N) is 1. The van der Waals surface area contributed by atoms with Crippen LogP contribution in [0, 0.1) is 5.41 Å². The molecule has 2 bridgehead atoms. The smallest absolute Gasteiger partial charge is 0.169 e. The molecule has 0 radical (unpaired) electrons. The lowest BCUT2D eigenvalue weighted by Gasteiger charge is -2.38. The van der Waals surface area contributed by atoms with Gasteiger partial charge >= 0.3 is 0 Å². The van der Waals surface area contributed by atoms with Crippen LogP contribution in [0.2, 0.25) is 0 Å². The highest BCUT2D eigenvalue weighted by Gasteiger charge is 2.49. The molecule has 0 spiro atoms. The zero-order chi connectivity index (χ0) is 33.5. The van der Waals surface area contributed by atoms with Crippen molar-refractivity contribution in [2.45, 2.75) is 44.9 Å². The van der Waals surface area contributed by atoms with Gasteiger partial charge in [0.05, 0.1) is 27.3 Å². The van der Waals surface area contributed by atoms with Crippen LogP contribution in [0.3, 0.4) is 0 Å². The minimum Gasteiger partial charge on any atom is -0.455 e. The molecule has 1 saturated carbocycles. The number of furan rings is 2. The average Bonchev–Trinajstić information content (AvgIpc) is 3.88. The van der Waals surface area contributed by atoms with Gasteiger partial charge in [-0.15, -0.1) is 0 Å². The van der Waals surface area contributed by atoms with Crippen molar-refractivity contribution in [3.63, 3.8) is 0 Å². The van der Waals surface area contributed by atoms with Crippen LogP contribution in [0.25, 0.3) is 104 Å². The van der Waals surface area contributed by atoms with E-state index >= 15 is 0 Å². The number of ketones is 1. The summed E-state index contributed by atoms with van der Waals surface area (Å²) in [4.78, 5) is 14.5. The van der Waals surface area contributed by atoms with E-state index in [-0.39, 0.29) is 10.8 Å². The number of benzene rings is 7. The van der Waals surface area contributed by atoms with E-state index in [0.29, 0.717) is 5.78 Å². The molecule has 4 heteroatoms. The number of carbonyl (C=O) groups excluding carboxylic acids is 1. The highest BCUT2D eigenvalue weighted by Crippen LogP contribution is 2.56. The zero-order valence-corrected chi connectivity index (χ0v) is 28.3. The molecule has 14 rings (SSSR count). The first-order chi connectivity index (χ1) is 24.9. The molecule has 0 saturated heterocycles. The molecule has 4 heterocycles. The Morgan fingerprint density at radius 1 is 0.529 bits per heavy atom. The van der Waals surface area contributed by atoms with Gasteiger partial charge in [-0.2, -0.15) is 0 Å². The minimum atomic E-state index is -0.312. The summed E-state index contributed by atoms with van der Waals surface area (Å²) in [5.41, 5.74) is 8.63. The third-order valence-corrected chi connectivity index (χ3v) is 13.4. The monoisotopic (exact) mass is 657 g/mol. The second kappa shape index (κ2) is 8.52. The van der Waals surface area contributed by atoms with Crippen LogP contribution in [0.15, 0.2) is 112 Å². The highest BCUT2D eigenvalue weighted by molar-refractivity contribution is 6.42. The number of hydrogen-bond acceptors (Lipinski definition) is 3. The SMILES string of the molecule is CC12CCC(C)(CC1)c1cc3c4cc5c6cc7ccccc7cc6oc5c5c6c7oc8ccccc8c7c7ccccc7c6n(c3cc1C2=O)c45. The van der Waals surface area contributed by atoms with Crippen LogP contribution >= 0.6 is 0 Å². The van der Waals surface area contributed by atoms with Gasteiger partial charge in [-0.05, 0) is 89.2 Å². The maximum absolute atomic E-state index is 14.5. The highest BCUT2D eigenvalue weighted by atomic mass is 16.3. The maximum atomic E-state index is 14.5. The van der Waals surface area contributed by atoms with Gasteiger partial charge in [-0.3, -0.25) is 4.79 Å². The van der Waals surface area contributed by atoms with E-state index < -0.39 is 0 Å². The lowest BCUT2D eigenvalue weighted by atomic mass is 9.65. The molecule has 4 aromatic heterocycles. The van der Waals surface area contributed by atoms with Gasteiger partial charge in [0.1, 0.15) is 22.3 Å². The molecule has 0 amide bonds. The van der Waals surface area contributed by atoms with Crippen molar-refractivity contribution in [3.05, 3.63) is 114 Å². The lowest BCUT2D eigenvalue weighted by molar-refractivity contribution is 0.0732. The molecule has 0 aliphatic heterocycles. The quantitative estimate of drug-likeness (QED) is 0.163. The van der Waals surface area contributed by atoms with E-state index in [1.165, 1.54) is 21.7 Å². The summed E-state index contributed by atoms with van der Waals surface area (Å²) in [6.07, 6.45) is 3.97. The largest absolute Gasteiger partial charge is 0.455 e. The molecule has 1 fully saturated rings. The standard InChI is InChI=1S/C47H31NO3/c1-46-15-17-47(2,18-16-46)45(49)33-23-35-29(22-34(33)46)31-21-32-30-19-24-9-3-4-10-25(24)20-37(30)51-43(32)39-40-41(48(35)42(31)39)27-12-6-5-11-26(27)38-28-13-7-8-14-36(28)50-44(38)40/h3-14,19-23H,15-18H2,1-2H3. The van der Waals surface area contributed by atoms with Gasteiger partial charge in [-0.1, -0.05) is 80.6 Å². The average molecular weight is 658 g/mol. The number of para-hydroxylation sites is 1. The van der Waals surface area contributed by atoms with Crippen molar-refractivity contribution in [1.29, 1.82) is 0 Å². The number of Topliss-reactive ketones (excluding diaryl/α,β-unsaturated/α-hetero) is 1. The summed E-state index contributed by atoms with van der Waals surface area (Å²) in [6.45, 7) is 4.59. The number of rotatable bonds is 0. The predicted octanol–water partition coefficient (Wildman–Crippen LogP) is 13.0. The van der Waals surface area contributed by atoms with E-state index in [2.05, 4.69) is 115 Å². The fourth-order valence-electron chi connectivity index (χ4n) is 10.6. The summed E-state index contributed by atoms with van der Waals surface area (Å²) in [5, 5.41) is 13.7. The van der Waals surface area contributed by atoms with Crippen molar-refractivity contribution in [3.8, 4) is 0 Å².